The van der Waals surface area contributed by atoms with Crippen molar-refractivity contribution >= 4 is 33.2 Å². The third-order valence-corrected chi connectivity index (χ3v) is 6.13. The molecule has 0 bridgehead atoms. The minimum absolute atomic E-state index is 0.104. The quantitative estimate of drug-likeness (QED) is 0.543. The average Bonchev–Trinajstić information content (AvgIpc) is 2.72. The summed E-state index contributed by atoms with van der Waals surface area (Å²) in [6.07, 6.45) is 1.13. The molecule has 1 amide bonds. The highest BCUT2D eigenvalue weighted by atomic mass is 35.5. The van der Waals surface area contributed by atoms with Gasteiger partial charge in [-0.15, -0.1) is 0 Å². The van der Waals surface area contributed by atoms with Gasteiger partial charge in [0.05, 0.1) is 24.5 Å². The predicted octanol–water partition coefficient (Wildman–Crippen LogP) is 4.94. The van der Waals surface area contributed by atoms with Crippen molar-refractivity contribution in [2.24, 2.45) is 0 Å². The predicted molar refractivity (Wildman–Crippen MR) is 121 cm³/mol. The molecule has 1 atom stereocenters. The largest absolute Gasteiger partial charge is 0.346 e. The first-order valence-corrected chi connectivity index (χ1v) is 11.7. The molecule has 0 radical (unpaired) electrons. The van der Waals surface area contributed by atoms with Crippen LogP contribution in [0.25, 0.3) is 0 Å². The van der Waals surface area contributed by atoms with E-state index < -0.39 is 10.0 Å². The minimum Gasteiger partial charge on any atom is -0.346 e. The van der Waals surface area contributed by atoms with Gasteiger partial charge in [-0.25, -0.2) is 12.8 Å². The fraction of sp³-hybridized carbons (Fsp3) is 0.174. The molecule has 162 valence electrons. The molecule has 3 aromatic carbocycles. The minimum atomic E-state index is -3.54. The summed E-state index contributed by atoms with van der Waals surface area (Å²) >= 11 is 6.01. The Morgan fingerprint density at radius 2 is 1.71 bits per heavy atom. The van der Waals surface area contributed by atoms with Crippen molar-refractivity contribution in [3.63, 3.8) is 0 Å². The normalized spacial score (nSPS) is 12.3. The molecule has 5 nitrogen and oxygen atoms in total. The van der Waals surface area contributed by atoms with Crippen LogP contribution in [0.3, 0.4) is 0 Å². The molecule has 3 rings (SSSR count). The molecule has 0 aliphatic heterocycles. The fourth-order valence-electron chi connectivity index (χ4n) is 3.07. The van der Waals surface area contributed by atoms with E-state index in [2.05, 4.69) is 5.32 Å². The van der Waals surface area contributed by atoms with Crippen LogP contribution < -0.4 is 9.62 Å². The summed E-state index contributed by atoms with van der Waals surface area (Å²) in [6, 6.07) is 19.0. The zero-order chi connectivity index (χ0) is 22.6. The highest BCUT2D eigenvalue weighted by Crippen LogP contribution is 2.24. The van der Waals surface area contributed by atoms with Gasteiger partial charge >= 0.3 is 0 Å². The lowest BCUT2D eigenvalue weighted by molar-refractivity contribution is 0.0940. The maximum absolute atomic E-state index is 13.1. The van der Waals surface area contributed by atoms with Crippen LogP contribution in [0.5, 0.6) is 0 Å². The van der Waals surface area contributed by atoms with Crippen molar-refractivity contribution in [1.82, 2.24) is 5.32 Å². The molecule has 0 unspecified atom stereocenters. The van der Waals surface area contributed by atoms with Crippen molar-refractivity contribution in [3.05, 3.63) is 100 Å². The molecule has 1 N–H and O–H groups in total. The van der Waals surface area contributed by atoms with Gasteiger partial charge in [0.1, 0.15) is 5.82 Å². The van der Waals surface area contributed by atoms with Crippen molar-refractivity contribution in [2.75, 3.05) is 10.6 Å². The number of hydrogen-bond acceptors (Lipinski definition) is 3. The van der Waals surface area contributed by atoms with E-state index in [-0.39, 0.29) is 24.3 Å². The van der Waals surface area contributed by atoms with Crippen LogP contribution in [0.15, 0.2) is 72.8 Å². The van der Waals surface area contributed by atoms with Gasteiger partial charge in [0, 0.05) is 10.6 Å². The van der Waals surface area contributed by atoms with Crippen LogP contribution in [-0.2, 0) is 16.6 Å². The van der Waals surface area contributed by atoms with E-state index in [4.69, 9.17) is 11.6 Å². The van der Waals surface area contributed by atoms with Crippen LogP contribution >= 0.6 is 11.6 Å². The second-order valence-corrected chi connectivity index (χ2v) is 9.54. The molecule has 0 aliphatic carbocycles. The summed E-state index contributed by atoms with van der Waals surface area (Å²) in [5.74, 6) is -0.614. The zero-order valence-electron chi connectivity index (χ0n) is 17.0. The topological polar surface area (TPSA) is 66.5 Å². The number of hydrogen-bond donors (Lipinski definition) is 1. The van der Waals surface area contributed by atoms with Gasteiger partial charge in [0.25, 0.3) is 5.91 Å². The van der Waals surface area contributed by atoms with Crippen molar-refractivity contribution in [1.29, 1.82) is 0 Å². The van der Waals surface area contributed by atoms with E-state index in [0.717, 1.165) is 11.8 Å². The SMILES string of the molecule is C[C@@H](NC(=O)c1ccc(CN(c2cccc(Cl)c2)S(C)(=O)=O)cc1)c1ccc(F)cc1. The Labute approximate surface area is 186 Å². The Morgan fingerprint density at radius 3 is 2.29 bits per heavy atom. The van der Waals surface area contributed by atoms with Gasteiger partial charge in [-0.3, -0.25) is 9.10 Å². The summed E-state index contributed by atoms with van der Waals surface area (Å²) in [6.45, 7) is 1.92. The first-order chi connectivity index (χ1) is 14.6. The van der Waals surface area contributed by atoms with E-state index in [9.17, 15) is 17.6 Å². The molecule has 0 fully saturated rings. The summed E-state index contributed by atoms with van der Waals surface area (Å²) in [4.78, 5) is 12.5. The highest BCUT2D eigenvalue weighted by Gasteiger charge is 2.19. The number of sulfonamides is 1. The number of amides is 1. The van der Waals surface area contributed by atoms with Crippen molar-refractivity contribution in [3.8, 4) is 0 Å². The van der Waals surface area contributed by atoms with Crippen LogP contribution in [-0.4, -0.2) is 20.6 Å². The molecule has 0 saturated carbocycles. The summed E-state index contributed by atoms with van der Waals surface area (Å²) < 4.78 is 38.9. The number of carbonyl (C=O) groups excluding carboxylic acids is 1. The van der Waals surface area contributed by atoms with Gasteiger partial charge in [-0.1, -0.05) is 41.9 Å². The van der Waals surface area contributed by atoms with Gasteiger partial charge in [0.2, 0.25) is 10.0 Å². The van der Waals surface area contributed by atoms with Crippen molar-refractivity contribution < 1.29 is 17.6 Å². The molecule has 0 saturated heterocycles. The monoisotopic (exact) mass is 460 g/mol. The Morgan fingerprint density at radius 1 is 1.06 bits per heavy atom. The third-order valence-electron chi connectivity index (χ3n) is 4.76. The van der Waals surface area contributed by atoms with Crippen LogP contribution in [0.1, 0.15) is 34.5 Å². The van der Waals surface area contributed by atoms with Gasteiger partial charge in [0.15, 0.2) is 0 Å². The number of halogens is 2. The van der Waals surface area contributed by atoms with Gasteiger partial charge < -0.3 is 5.32 Å². The second-order valence-electron chi connectivity index (χ2n) is 7.19. The zero-order valence-corrected chi connectivity index (χ0v) is 18.6. The first-order valence-electron chi connectivity index (χ1n) is 9.52. The molecular weight excluding hydrogens is 439 g/mol. The number of rotatable bonds is 7. The van der Waals surface area contributed by atoms with Gasteiger partial charge in [-0.2, -0.15) is 0 Å². The first kappa shape index (κ1) is 22.8. The fourth-order valence-corrected chi connectivity index (χ4v) is 4.14. The standard InChI is InChI=1S/C23H22ClFN2O3S/c1-16(18-10-12-21(25)13-11-18)26-23(28)19-8-6-17(7-9-19)15-27(31(2,29)30)22-5-3-4-20(24)14-22/h3-14,16H,15H2,1-2H3,(H,26,28)/t16-/m1/s1. The van der Waals surface area contributed by atoms with E-state index in [0.29, 0.717) is 21.8 Å². The number of nitrogens with one attached hydrogen (secondary N) is 1. The Kier molecular flexibility index (Phi) is 6.97. The number of benzene rings is 3. The van der Waals surface area contributed by atoms with E-state index in [1.807, 2.05) is 6.92 Å². The van der Waals surface area contributed by atoms with E-state index >= 15 is 0 Å². The molecule has 0 heterocycles. The van der Waals surface area contributed by atoms with E-state index in [1.54, 1.807) is 60.7 Å². The maximum Gasteiger partial charge on any atom is 0.251 e. The number of anilines is 1. The lowest BCUT2D eigenvalue weighted by Crippen LogP contribution is -2.29. The van der Waals surface area contributed by atoms with Crippen LogP contribution in [0.4, 0.5) is 10.1 Å². The maximum atomic E-state index is 13.1. The molecule has 8 heteroatoms. The van der Waals surface area contributed by atoms with Crippen molar-refractivity contribution in [2.45, 2.75) is 19.5 Å². The Balaban J connectivity index is 1.72. The number of carbonyl (C=O) groups is 1. The second kappa shape index (κ2) is 9.49. The Hall–Kier alpha value is -2.90. The van der Waals surface area contributed by atoms with E-state index in [1.165, 1.54) is 16.4 Å². The lowest BCUT2D eigenvalue weighted by atomic mass is 10.1. The highest BCUT2D eigenvalue weighted by molar-refractivity contribution is 7.92. The summed E-state index contributed by atoms with van der Waals surface area (Å²) in [5, 5.41) is 3.30. The van der Waals surface area contributed by atoms with Crippen LogP contribution in [0.2, 0.25) is 5.02 Å². The molecule has 0 aliphatic rings. The molecule has 0 aromatic heterocycles. The Bertz CT molecular complexity index is 1170. The molecular formula is C23H22ClFN2O3S. The number of nitrogens with zero attached hydrogens (tertiary/aromatic N) is 1. The van der Waals surface area contributed by atoms with Gasteiger partial charge in [-0.05, 0) is 60.5 Å². The molecule has 31 heavy (non-hydrogen) atoms. The summed E-state index contributed by atoms with van der Waals surface area (Å²) in [5.41, 5.74) is 2.40. The van der Waals surface area contributed by atoms with Crippen LogP contribution in [0, 0.1) is 5.82 Å². The third kappa shape index (κ3) is 6.06. The molecule has 0 spiro atoms. The molecule has 3 aromatic rings. The lowest BCUT2D eigenvalue weighted by Gasteiger charge is -2.23. The smallest absolute Gasteiger partial charge is 0.251 e. The summed E-state index contributed by atoms with van der Waals surface area (Å²) in [7, 11) is -3.54. The average molecular weight is 461 g/mol.